The molecular weight excluding hydrogens is 212 g/mol. The number of hydrogen-bond donors (Lipinski definition) is 1. The van der Waals surface area contributed by atoms with Gasteiger partial charge in [0.1, 0.15) is 12.1 Å². The molecule has 17 heavy (non-hydrogen) atoms. The molecule has 4 nitrogen and oxygen atoms in total. The summed E-state index contributed by atoms with van der Waals surface area (Å²) in [4.78, 5) is 4.23. The van der Waals surface area contributed by atoms with Gasteiger partial charge < -0.3 is 5.32 Å². The van der Waals surface area contributed by atoms with E-state index in [-0.39, 0.29) is 0 Å². The van der Waals surface area contributed by atoms with Crippen molar-refractivity contribution in [2.75, 3.05) is 5.32 Å². The van der Waals surface area contributed by atoms with Crippen LogP contribution in [0.5, 0.6) is 0 Å². The van der Waals surface area contributed by atoms with Crippen LogP contribution in [-0.2, 0) is 0 Å². The van der Waals surface area contributed by atoms with E-state index in [2.05, 4.69) is 35.3 Å². The van der Waals surface area contributed by atoms with Gasteiger partial charge >= 0.3 is 0 Å². The third kappa shape index (κ3) is 2.25. The van der Waals surface area contributed by atoms with Crippen molar-refractivity contribution in [3.8, 4) is 0 Å². The second kappa shape index (κ2) is 4.02. The number of aromatic nitrogens is 3. The van der Waals surface area contributed by atoms with Gasteiger partial charge in [-0.05, 0) is 43.9 Å². The fourth-order valence-electron chi connectivity index (χ4n) is 2.32. The van der Waals surface area contributed by atoms with Crippen molar-refractivity contribution in [3.63, 3.8) is 0 Å². The van der Waals surface area contributed by atoms with Gasteiger partial charge in [0.05, 0.1) is 0 Å². The second-order valence-corrected chi connectivity index (χ2v) is 5.17. The summed E-state index contributed by atoms with van der Waals surface area (Å²) in [7, 11) is 0. The van der Waals surface area contributed by atoms with Gasteiger partial charge in [-0.25, -0.2) is 4.98 Å². The summed E-state index contributed by atoms with van der Waals surface area (Å²) in [6.45, 7) is 4.33. The molecule has 1 N–H and O–H groups in total. The number of anilines is 1. The first-order valence-electron chi connectivity index (χ1n) is 6.29. The fourth-order valence-corrected chi connectivity index (χ4v) is 2.32. The van der Waals surface area contributed by atoms with Crippen LogP contribution in [0.4, 0.5) is 5.82 Å². The average Bonchev–Trinajstić information content (AvgIpc) is 2.94. The average molecular weight is 230 g/mol. The minimum atomic E-state index is 0.497. The Balaban J connectivity index is 1.84. The van der Waals surface area contributed by atoms with Crippen molar-refractivity contribution in [2.24, 2.45) is 5.92 Å². The van der Waals surface area contributed by atoms with E-state index in [0.717, 1.165) is 17.4 Å². The zero-order valence-corrected chi connectivity index (χ0v) is 10.3. The molecule has 1 unspecified atom stereocenters. The molecule has 1 aliphatic rings. The Labute approximate surface area is 101 Å². The molecule has 1 saturated carbocycles. The van der Waals surface area contributed by atoms with E-state index in [1.807, 2.05) is 10.6 Å². The molecule has 1 atom stereocenters. The van der Waals surface area contributed by atoms with Crippen LogP contribution in [0, 0.1) is 12.8 Å². The highest BCUT2D eigenvalue weighted by atomic mass is 15.3. The summed E-state index contributed by atoms with van der Waals surface area (Å²) in [6, 6.07) is 4.67. The van der Waals surface area contributed by atoms with Crippen molar-refractivity contribution in [1.82, 2.24) is 14.6 Å². The number of aryl methyl sites for hydroxylation is 1. The fraction of sp³-hybridized carbons (Fsp3) is 0.538. The van der Waals surface area contributed by atoms with Crippen molar-refractivity contribution >= 4 is 11.5 Å². The monoisotopic (exact) mass is 230 g/mol. The molecule has 0 aliphatic heterocycles. The summed E-state index contributed by atoms with van der Waals surface area (Å²) in [5.74, 6) is 1.99. The molecule has 0 amide bonds. The third-order valence-electron chi connectivity index (χ3n) is 3.30. The topological polar surface area (TPSA) is 42.2 Å². The van der Waals surface area contributed by atoms with Crippen LogP contribution in [0.1, 0.15) is 31.7 Å². The highest BCUT2D eigenvalue weighted by Crippen LogP contribution is 2.34. The van der Waals surface area contributed by atoms with Crippen LogP contribution in [-0.4, -0.2) is 20.6 Å². The van der Waals surface area contributed by atoms with Gasteiger partial charge in [0.25, 0.3) is 0 Å². The zero-order valence-electron chi connectivity index (χ0n) is 10.3. The van der Waals surface area contributed by atoms with Gasteiger partial charge in [-0.15, -0.1) is 0 Å². The number of nitrogens with zero attached hydrogens (tertiary/aromatic N) is 3. The predicted octanol–water partition coefficient (Wildman–Crippen LogP) is 2.64. The summed E-state index contributed by atoms with van der Waals surface area (Å²) in [5, 5.41) is 7.79. The molecule has 0 aromatic carbocycles. The van der Waals surface area contributed by atoms with Crippen LogP contribution in [0.25, 0.3) is 5.65 Å². The van der Waals surface area contributed by atoms with Crippen molar-refractivity contribution < 1.29 is 0 Å². The normalized spacial score (nSPS) is 17.3. The van der Waals surface area contributed by atoms with E-state index in [0.29, 0.717) is 6.04 Å². The quantitative estimate of drug-likeness (QED) is 0.878. The molecule has 1 fully saturated rings. The minimum absolute atomic E-state index is 0.497. The maximum absolute atomic E-state index is 4.25. The van der Waals surface area contributed by atoms with Gasteiger partial charge in [0, 0.05) is 6.04 Å². The van der Waals surface area contributed by atoms with E-state index in [1.165, 1.54) is 24.8 Å². The van der Waals surface area contributed by atoms with E-state index in [9.17, 15) is 0 Å². The summed E-state index contributed by atoms with van der Waals surface area (Å²) in [6.07, 6.45) is 5.66. The van der Waals surface area contributed by atoms with Gasteiger partial charge in [0.2, 0.25) is 0 Å². The Morgan fingerprint density at radius 3 is 3.06 bits per heavy atom. The molecule has 2 aromatic rings. The Hall–Kier alpha value is -1.58. The van der Waals surface area contributed by atoms with Crippen LogP contribution in [0.3, 0.4) is 0 Å². The molecule has 3 rings (SSSR count). The van der Waals surface area contributed by atoms with Crippen LogP contribution in [0.15, 0.2) is 18.5 Å². The lowest BCUT2D eigenvalue weighted by molar-refractivity contribution is 0.637. The molecule has 4 heteroatoms. The van der Waals surface area contributed by atoms with E-state index >= 15 is 0 Å². The highest BCUT2D eigenvalue weighted by Gasteiger charge is 2.23. The number of rotatable bonds is 4. The molecule has 1 aliphatic carbocycles. The van der Waals surface area contributed by atoms with E-state index in [4.69, 9.17) is 0 Å². The number of pyridine rings is 1. The van der Waals surface area contributed by atoms with Crippen LogP contribution in [0.2, 0.25) is 0 Å². The second-order valence-electron chi connectivity index (χ2n) is 5.17. The van der Waals surface area contributed by atoms with Gasteiger partial charge in [-0.3, -0.25) is 0 Å². The third-order valence-corrected chi connectivity index (χ3v) is 3.30. The van der Waals surface area contributed by atoms with Crippen molar-refractivity contribution in [1.29, 1.82) is 0 Å². The molecule has 0 saturated heterocycles. The Bertz CT molecular complexity index is 527. The number of hydrogen-bond acceptors (Lipinski definition) is 3. The Morgan fingerprint density at radius 1 is 1.47 bits per heavy atom. The molecular formula is C13H18N4. The van der Waals surface area contributed by atoms with Crippen LogP contribution >= 0.6 is 0 Å². The van der Waals surface area contributed by atoms with Crippen molar-refractivity contribution in [3.05, 3.63) is 24.0 Å². The summed E-state index contributed by atoms with van der Waals surface area (Å²) < 4.78 is 1.87. The molecule has 0 radical (unpaired) electrons. The zero-order chi connectivity index (χ0) is 11.8. The maximum atomic E-state index is 4.25. The van der Waals surface area contributed by atoms with Gasteiger partial charge in [-0.1, -0.05) is 12.8 Å². The largest absolute Gasteiger partial charge is 0.367 e. The SMILES string of the molecule is Cc1cc(NC(C)CC2CC2)n2ncnc2c1. The lowest BCUT2D eigenvalue weighted by Gasteiger charge is -2.15. The molecule has 90 valence electrons. The first-order valence-corrected chi connectivity index (χ1v) is 6.29. The highest BCUT2D eigenvalue weighted by molar-refractivity contribution is 5.51. The van der Waals surface area contributed by atoms with Gasteiger partial charge in [0.15, 0.2) is 5.65 Å². The van der Waals surface area contributed by atoms with Gasteiger partial charge in [-0.2, -0.15) is 9.61 Å². The first kappa shape index (κ1) is 10.6. The lowest BCUT2D eigenvalue weighted by Crippen LogP contribution is -2.18. The Morgan fingerprint density at radius 2 is 2.29 bits per heavy atom. The predicted molar refractivity (Wildman–Crippen MR) is 68.1 cm³/mol. The first-order chi connectivity index (χ1) is 8.22. The number of fused-ring (bicyclic) bond motifs is 1. The minimum Gasteiger partial charge on any atom is -0.367 e. The summed E-state index contributed by atoms with van der Waals surface area (Å²) >= 11 is 0. The molecule has 0 bridgehead atoms. The van der Waals surface area contributed by atoms with E-state index < -0.39 is 0 Å². The molecule has 2 heterocycles. The summed E-state index contributed by atoms with van der Waals surface area (Å²) in [5.41, 5.74) is 2.12. The Kier molecular flexibility index (Phi) is 2.50. The van der Waals surface area contributed by atoms with E-state index in [1.54, 1.807) is 6.33 Å². The molecule has 0 spiro atoms. The lowest BCUT2D eigenvalue weighted by atomic mass is 10.1. The van der Waals surface area contributed by atoms with Crippen LogP contribution < -0.4 is 5.32 Å². The standard InChI is InChI=1S/C13H18N4/c1-9-5-12-14-8-15-17(12)13(6-9)16-10(2)7-11-3-4-11/h5-6,8,10-11,16H,3-4,7H2,1-2H3. The van der Waals surface area contributed by atoms with Crippen molar-refractivity contribution in [2.45, 2.75) is 39.2 Å². The maximum Gasteiger partial charge on any atom is 0.157 e. The molecule has 2 aromatic heterocycles. The smallest absolute Gasteiger partial charge is 0.157 e. The number of nitrogens with one attached hydrogen (secondary N) is 1.